The van der Waals surface area contributed by atoms with Crippen LogP contribution in [0.15, 0.2) is 24.3 Å². The Labute approximate surface area is 116 Å². The first-order valence-electron chi connectivity index (χ1n) is 6.04. The summed E-state index contributed by atoms with van der Waals surface area (Å²) in [5.74, 6) is -0.476. The van der Waals surface area contributed by atoms with E-state index in [1.807, 2.05) is 6.92 Å². The molecule has 1 aromatic heterocycles. The van der Waals surface area contributed by atoms with E-state index < -0.39 is 12.5 Å². The fourth-order valence-electron chi connectivity index (χ4n) is 1.93. The Morgan fingerprint density at radius 2 is 2.05 bits per heavy atom. The molecule has 0 radical (unpaired) electrons. The first-order valence-corrected chi connectivity index (χ1v) is 6.04. The predicted octanol–water partition coefficient (Wildman–Crippen LogP) is 1.29. The minimum Gasteiger partial charge on any atom is -0.387 e. The number of amides is 1. The smallest absolute Gasteiger partial charge is 0.250 e. The molecule has 0 saturated heterocycles. The van der Waals surface area contributed by atoms with Crippen LogP contribution in [0.4, 0.5) is 5.69 Å². The normalized spacial score (nSPS) is 10.1. The Hall–Kier alpha value is -2.65. The zero-order valence-corrected chi connectivity index (χ0v) is 11.2. The Kier molecular flexibility index (Phi) is 3.82. The lowest BCUT2D eigenvalue weighted by Gasteiger charge is -2.06. The van der Waals surface area contributed by atoms with Gasteiger partial charge in [0.15, 0.2) is 0 Å². The molecule has 2 rings (SSSR count). The molecule has 1 heterocycles. The van der Waals surface area contributed by atoms with Crippen LogP contribution in [0, 0.1) is 25.2 Å². The highest BCUT2D eigenvalue weighted by molar-refractivity contribution is 5.92. The number of nitriles is 1. The van der Waals surface area contributed by atoms with Crippen molar-refractivity contribution < 1.29 is 9.90 Å². The molecule has 0 saturated carbocycles. The summed E-state index contributed by atoms with van der Waals surface area (Å²) in [7, 11) is 0. The number of carbonyl (C=O) groups excluding carboxylic acids is 1. The summed E-state index contributed by atoms with van der Waals surface area (Å²) in [6.45, 7) is 3.03. The zero-order chi connectivity index (χ0) is 14.7. The van der Waals surface area contributed by atoms with Gasteiger partial charge in [-0.05, 0) is 38.1 Å². The second-order valence-electron chi connectivity index (χ2n) is 4.32. The molecule has 102 valence electrons. The number of aromatic nitrogens is 2. The molecule has 6 heteroatoms. The van der Waals surface area contributed by atoms with E-state index in [1.165, 1.54) is 0 Å². The van der Waals surface area contributed by atoms with E-state index >= 15 is 0 Å². The third kappa shape index (κ3) is 2.53. The van der Waals surface area contributed by atoms with Crippen LogP contribution < -0.4 is 5.32 Å². The number of aliphatic hydroxyl groups excluding tert-OH is 1. The van der Waals surface area contributed by atoms with E-state index in [9.17, 15) is 4.79 Å². The number of hydrogen-bond donors (Lipinski definition) is 2. The fourth-order valence-corrected chi connectivity index (χ4v) is 1.93. The lowest BCUT2D eigenvalue weighted by molar-refractivity contribution is -0.118. The quantitative estimate of drug-likeness (QED) is 0.879. The number of anilines is 1. The molecule has 0 aliphatic carbocycles. The van der Waals surface area contributed by atoms with Gasteiger partial charge in [0, 0.05) is 0 Å². The molecule has 0 bridgehead atoms. The van der Waals surface area contributed by atoms with Crippen LogP contribution >= 0.6 is 0 Å². The Morgan fingerprint density at radius 1 is 1.40 bits per heavy atom. The van der Waals surface area contributed by atoms with Crippen molar-refractivity contribution >= 4 is 11.6 Å². The van der Waals surface area contributed by atoms with Crippen LogP contribution in [-0.2, 0) is 4.79 Å². The summed E-state index contributed by atoms with van der Waals surface area (Å²) in [5.41, 5.74) is 3.38. The fraction of sp³-hybridized carbons (Fsp3) is 0.214. The first-order chi connectivity index (χ1) is 9.56. The average Bonchev–Trinajstić information content (AvgIpc) is 2.75. The molecule has 2 N–H and O–H groups in total. The van der Waals surface area contributed by atoms with Crippen LogP contribution in [-0.4, -0.2) is 27.4 Å². The van der Waals surface area contributed by atoms with Gasteiger partial charge in [-0.15, -0.1) is 0 Å². The molecule has 0 fully saturated rings. The van der Waals surface area contributed by atoms with Gasteiger partial charge in [-0.25, -0.2) is 4.68 Å². The van der Waals surface area contributed by atoms with Gasteiger partial charge in [0.1, 0.15) is 6.61 Å². The van der Waals surface area contributed by atoms with E-state index in [2.05, 4.69) is 16.5 Å². The standard InChI is InChI=1S/C14H14N4O2/c1-9-14(16-13(20)8-19)10(2)18(17-9)12-5-3-11(7-15)4-6-12/h3-6,19H,8H2,1-2H3,(H,16,20). The molecule has 2 aromatic rings. The highest BCUT2D eigenvalue weighted by Crippen LogP contribution is 2.22. The zero-order valence-electron chi connectivity index (χ0n) is 11.2. The number of nitrogens with zero attached hydrogens (tertiary/aromatic N) is 3. The minimum atomic E-state index is -0.569. The lowest BCUT2D eigenvalue weighted by atomic mass is 10.2. The van der Waals surface area contributed by atoms with Crippen molar-refractivity contribution in [1.82, 2.24) is 9.78 Å². The second-order valence-corrected chi connectivity index (χ2v) is 4.32. The maximum absolute atomic E-state index is 11.3. The summed E-state index contributed by atoms with van der Waals surface area (Å²) in [6.07, 6.45) is 0. The monoisotopic (exact) mass is 270 g/mol. The number of benzene rings is 1. The highest BCUT2D eigenvalue weighted by atomic mass is 16.3. The van der Waals surface area contributed by atoms with E-state index in [4.69, 9.17) is 10.4 Å². The van der Waals surface area contributed by atoms with Gasteiger partial charge in [0.05, 0.1) is 34.4 Å². The van der Waals surface area contributed by atoms with Crippen molar-refractivity contribution in [3.63, 3.8) is 0 Å². The van der Waals surface area contributed by atoms with Crippen LogP contribution in [0.2, 0.25) is 0 Å². The van der Waals surface area contributed by atoms with Gasteiger partial charge in [-0.1, -0.05) is 0 Å². The van der Waals surface area contributed by atoms with Gasteiger partial charge >= 0.3 is 0 Å². The number of carbonyl (C=O) groups is 1. The van der Waals surface area contributed by atoms with Gasteiger partial charge in [0.2, 0.25) is 5.91 Å². The van der Waals surface area contributed by atoms with E-state index in [1.54, 1.807) is 35.9 Å². The topological polar surface area (TPSA) is 90.9 Å². The maximum atomic E-state index is 11.3. The van der Waals surface area contributed by atoms with Crippen molar-refractivity contribution in [3.05, 3.63) is 41.2 Å². The van der Waals surface area contributed by atoms with Crippen molar-refractivity contribution in [3.8, 4) is 11.8 Å². The molecule has 0 aliphatic heterocycles. The molecule has 1 aromatic carbocycles. The van der Waals surface area contributed by atoms with Crippen molar-refractivity contribution in [2.75, 3.05) is 11.9 Å². The summed E-state index contributed by atoms with van der Waals surface area (Å²) < 4.78 is 1.68. The molecule has 1 amide bonds. The van der Waals surface area contributed by atoms with Crippen molar-refractivity contribution in [2.45, 2.75) is 13.8 Å². The third-order valence-electron chi connectivity index (χ3n) is 2.94. The molecule has 0 unspecified atom stereocenters. The van der Waals surface area contributed by atoms with Gasteiger partial charge < -0.3 is 10.4 Å². The van der Waals surface area contributed by atoms with Crippen molar-refractivity contribution in [1.29, 1.82) is 5.26 Å². The summed E-state index contributed by atoms with van der Waals surface area (Å²) in [6, 6.07) is 9.04. The number of hydrogen-bond acceptors (Lipinski definition) is 4. The third-order valence-corrected chi connectivity index (χ3v) is 2.94. The van der Waals surface area contributed by atoms with E-state index in [0.717, 1.165) is 11.4 Å². The van der Waals surface area contributed by atoms with E-state index in [0.29, 0.717) is 16.9 Å². The lowest BCUT2D eigenvalue weighted by Crippen LogP contribution is -2.16. The molecule has 20 heavy (non-hydrogen) atoms. The Balaban J connectivity index is 2.40. The summed E-state index contributed by atoms with van der Waals surface area (Å²) in [5, 5.41) is 24.6. The maximum Gasteiger partial charge on any atom is 0.250 e. The van der Waals surface area contributed by atoms with E-state index in [-0.39, 0.29) is 0 Å². The largest absolute Gasteiger partial charge is 0.387 e. The molecular formula is C14H14N4O2. The molecule has 0 atom stereocenters. The Bertz CT molecular complexity index is 680. The minimum absolute atomic E-state index is 0.476. The van der Waals surface area contributed by atoms with Gasteiger partial charge in [0.25, 0.3) is 0 Å². The molecular weight excluding hydrogens is 256 g/mol. The van der Waals surface area contributed by atoms with Crippen molar-refractivity contribution in [2.24, 2.45) is 0 Å². The number of rotatable bonds is 3. The van der Waals surface area contributed by atoms with Gasteiger partial charge in [-0.3, -0.25) is 4.79 Å². The predicted molar refractivity (Wildman–Crippen MR) is 73.5 cm³/mol. The molecule has 6 nitrogen and oxygen atoms in total. The van der Waals surface area contributed by atoms with Crippen LogP contribution in [0.1, 0.15) is 17.0 Å². The van der Waals surface area contributed by atoms with Gasteiger partial charge in [-0.2, -0.15) is 10.4 Å². The number of aliphatic hydroxyl groups is 1. The highest BCUT2D eigenvalue weighted by Gasteiger charge is 2.14. The average molecular weight is 270 g/mol. The molecule has 0 aliphatic rings. The molecule has 0 spiro atoms. The SMILES string of the molecule is Cc1nn(-c2ccc(C#N)cc2)c(C)c1NC(=O)CO. The summed E-state index contributed by atoms with van der Waals surface area (Å²) in [4.78, 5) is 11.3. The summed E-state index contributed by atoms with van der Waals surface area (Å²) >= 11 is 0. The second kappa shape index (κ2) is 5.55. The number of aryl methyl sites for hydroxylation is 1. The Morgan fingerprint density at radius 3 is 2.60 bits per heavy atom. The van der Waals surface area contributed by atoms with Crippen LogP contribution in [0.25, 0.3) is 5.69 Å². The van der Waals surface area contributed by atoms with Crippen LogP contribution in [0.5, 0.6) is 0 Å². The van der Waals surface area contributed by atoms with Crippen LogP contribution in [0.3, 0.4) is 0 Å². The number of nitrogens with one attached hydrogen (secondary N) is 1. The first kappa shape index (κ1) is 13.8.